The fourth-order valence-corrected chi connectivity index (χ4v) is 8.09. The van der Waals surface area contributed by atoms with Crippen LogP contribution in [0, 0.1) is 46.3 Å². The fourth-order valence-electron chi connectivity index (χ4n) is 8.09. The first-order valence-corrected chi connectivity index (χ1v) is 12.9. The molecule has 0 amide bonds. The Morgan fingerprint density at radius 1 is 1.00 bits per heavy atom. The maximum atomic E-state index is 12.2. The summed E-state index contributed by atoms with van der Waals surface area (Å²) >= 11 is 0. The number of aliphatic hydroxyl groups is 3. The van der Waals surface area contributed by atoms with Gasteiger partial charge >= 0.3 is 0 Å². The molecule has 0 saturated heterocycles. The van der Waals surface area contributed by atoms with Crippen molar-refractivity contribution in [3.8, 4) is 0 Å². The number of hydrogen-bond donors (Lipinski definition) is 3. The van der Waals surface area contributed by atoms with Crippen molar-refractivity contribution < 1.29 is 15.3 Å². The van der Waals surface area contributed by atoms with Crippen molar-refractivity contribution in [3.63, 3.8) is 0 Å². The second kappa shape index (κ2) is 7.99. The van der Waals surface area contributed by atoms with Crippen LogP contribution in [0.2, 0.25) is 0 Å². The van der Waals surface area contributed by atoms with E-state index in [1.807, 2.05) is 0 Å². The lowest BCUT2D eigenvalue weighted by Crippen LogP contribution is -2.63. The van der Waals surface area contributed by atoms with E-state index in [2.05, 4.69) is 59.8 Å². The minimum Gasteiger partial charge on any atom is -0.390 e. The van der Waals surface area contributed by atoms with Gasteiger partial charge in [0.05, 0.1) is 17.8 Å². The van der Waals surface area contributed by atoms with Crippen LogP contribution < -0.4 is 0 Å². The molecule has 4 rings (SSSR count). The van der Waals surface area contributed by atoms with Gasteiger partial charge in [0.2, 0.25) is 0 Å². The van der Waals surface area contributed by atoms with Crippen molar-refractivity contribution in [1.29, 1.82) is 0 Å². The van der Waals surface area contributed by atoms with Gasteiger partial charge in [-0.2, -0.15) is 0 Å². The van der Waals surface area contributed by atoms with Crippen LogP contribution >= 0.6 is 0 Å². The summed E-state index contributed by atoms with van der Waals surface area (Å²) < 4.78 is 0. The Bertz CT molecular complexity index is 741. The minimum atomic E-state index is -0.832. The molecule has 31 heavy (non-hydrogen) atoms. The highest BCUT2D eigenvalue weighted by atomic mass is 16.3. The predicted octanol–water partition coefficient (Wildman–Crippen LogP) is 5.50. The van der Waals surface area contributed by atoms with Gasteiger partial charge in [-0.3, -0.25) is 0 Å². The lowest BCUT2D eigenvalue weighted by Gasteiger charge is -2.62. The van der Waals surface area contributed by atoms with E-state index in [-0.39, 0.29) is 16.7 Å². The molecular formula is C28H46O3. The van der Waals surface area contributed by atoms with Gasteiger partial charge < -0.3 is 15.3 Å². The highest BCUT2D eigenvalue weighted by Gasteiger charge is 2.65. The first kappa shape index (κ1) is 23.5. The summed E-state index contributed by atoms with van der Waals surface area (Å²) in [7, 11) is 0. The van der Waals surface area contributed by atoms with Crippen molar-refractivity contribution >= 4 is 0 Å². The summed E-state index contributed by atoms with van der Waals surface area (Å²) in [5.74, 6) is 3.18. The van der Waals surface area contributed by atoms with Crippen LogP contribution in [0.25, 0.3) is 0 Å². The van der Waals surface area contributed by atoms with Crippen molar-refractivity contribution in [1.82, 2.24) is 0 Å². The quantitative estimate of drug-likeness (QED) is 0.516. The van der Waals surface area contributed by atoms with E-state index in [9.17, 15) is 15.3 Å². The Morgan fingerprint density at radius 2 is 1.71 bits per heavy atom. The zero-order valence-electron chi connectivity index (χ0n) is 20.6. The third-order valence-corrected chi connectivity index (χ3v) is 10.8. The molecule has 0 aromatic heterocycles. The first-order chi connectivity index (χ1) is 14.4. The second-order valence-corrected chi connectivity index (χ2v) is 12.5. The molecule has 2 unspecified atom stereocenters. The van der Waals surface area contributed by atoms with Crippen LogP contribution in [-0.2, 0) is 0 Å². The molecular weight excluding hydrogens is 384 g/mol. The average Bonchev–Trinajstić information content (AvgIpc) is 3.05. The van der Waals surface area contributed by atoms with Crippen LogP contribution in [0.15, 0.2) is 23.8 Å². The van der Waals surface area contributed by atoms with Crippen LogP contribution in [0.1, 0.15) is 86.5 Å². The Labute approximate surface area is 190 Å². The molecule has 0 spiro atoms. The minimum absolute atomic E-state index is 0.235. The fraction of sp³-hybridized carbons (Fsp3) is 0.857. The number of rotatable bonds is 4. The van der Waals surface area contributed by atoms with E-state index < -0.39 is 17.8 Å². The molecule has 0 aromatic carbocycles. The molecule has 10 atom stereocenters. The molecule has 3 heteroatoms. The third-order valence-electron chi connectivity index (χ3n) is 10.8. The molecule has 3 saturated carbocycles. The third kappa shape index (κ3) is 3.49. The maximum Gasteiger partial charge on any atom is 0.0916 e. The number of allylic oxidation sites excluding steroid dienone is 3. The summed E-state index contributed by atoms with van der Waals surface area (Å²) in [5, 5.41) is 33.0. The predicted molar refractivity (Wildman–Crippen MR) is 126 cm³/mol. The summed E-state index contributed by atoms with van der Waals surface area (Å²) in [5.41, 5.74) is 0.339. The molecule has 3 N–H and O–H groups in total. The summed E-state index contributed by atoms with van der Waals surface area (Å²) in [6.07, 6.45) is 12.1. The molecule has 0 bridgehead atoms. The first-order valence-electron chi connectivity index (χ1n) is 12.9. The topological polar surface area (TPSA) is 60.7 Å². The highest BCUT2D eigenvalue weighted by molar-refractivity contribution is 5.35. The number of hydrogen-bond acceptors (Lipinski definition) is 3. The summed E-state index contributed by atoms with van der Waals surface area (Å²) in [6.45, 7) is 14.0. The van der Waals surface area contributed by atoms with Gasteiger partial charge in [0.1, 0.15) is 0 Å². The molecule has 3 fully saturated rings. The van der Waals surface area contributed by atoms with Gasteiger partial charge in [-0.05, 0) is 91.4 Å². The second-order valence-electron chi connectivity index (χ2n) is 12.5. The standard InChI is InChI=1S/C28H46O3/c1-17(2)18(3)7-8-19(4)21-11-12-22-23-10-9-20-15-24(29)25(30)16-27(20,6)28(23,31)14-13-26(21,22)5/h7-8,10,17-22,24-25,29-31H,9,11-16H2,1-6H3/b8-7+/t18-,19+,20?,21?,22-,24-,25-,26+,27-,28+/m0/s1. The molecule has 4 aliphatic carbocycles. The molecule has 3 nitrogen and oxygen atoms in total. The van der Waals surface area contributed by atoms with Gasteiger partial charge in [0, 0.05) is 5.41 Å². The van der Waals surface area contributed by atoms with E-state index in [1.165, 1.54) is 18.4 Å². The zero-order chi connectivity index (χ0) is 22.8. The van der Waals surface area contributed by atoms with Gasteiger partial charge in [-0.1, -0.05) is 59.8 Å². The van der Waals surface area contributed by atoms with E-state index in [1.54, 1.807) is 0 Å². The summed E-state index contributed by atoms with van der Waals surface area (Å²) in [4.78, 5) is 0. The molecule has 0 heterocycles. The van der Waals surface area contributed by atoms with Crippen molar-refractivity contribution in [2.75, 3.05) is 0 Å². The normalized spacial score (nSPS) is 49.4. The monoisotopic (exact) mass is 430 g/mol. The molecule has 0 aromatic rings. The van der Waals surface area contributed by atoms with Gasteiger partial charge in [0.25, 0.3) is 0 Å². The smallest absolute Gasteiger partial charge is 0.0916 e. The van der Waals surface area contributed by atoms with Crippen LogP contribution in [-0.4, -0.2) is 33.1 Å². The number of aliphatic hydroxyl groups excluding tert-OH is 2. The van der Waals surface area contributed by atoms with Gasteiger partial charge in [-0.25, -0.2) is 0 Å². The summed E-state index contributed by atoms with van der Waals surface area (Å²) in [6, 6.07) is 0. The maximum absolute atomic E-state index is 12.2. The Morgan fingerprint density at radius 3 is 2.39 bits per heavy atom. The van der Waals surface area contributed by atoms with E-state index in [0.29, 0.717) is 42.4 Å². The highest BCUT2D eigenvalue weighted by Crippen LogP contribution is 2.68. The van der Waals surface area contributed by atoms with E-state index >= 15 is 0 Å². The van der Waals surface area contributed by atoms with Crippen molar-refractivity contribution in [2.45, 2.75) is 104 Å². The van der Waals surface area contributed by atoms with Crippen molar-refractivity contribution in [2.24, 2.45) is 46.3 Å². The largest absolute Gasteiger partial charge is 0.390 e. The van der Waals surface area contributed by atoms with E-state index in [0.717, 1.165) is 19.3 Å². The molecule has 4 aliphatic rings. The Balaban J connectivity index is 1.60. The lowest BCUT2D eigenvalue weighted by molar-refractivity contribution is -0.180. The lowest BCUT2D eigenvalue weighted by atomic mass is 9.45. The Hall–Kier alpha value is -0.640. The number of fused-ring (bicyclic) bond motifs is 5. The van der Waals surface area contributed by atoms with Crippen molar-refractivity contribution in [3.05, 3.63) is 23.8 Å². The van der Waals surface area contributed by atoms with Gasteiger partial charge in [-0.15, -0.1) is 0 Å². The van der Waals surface area contributed by atoms with Crippen LogP contribution in [0.5, 0.6) is 0 Å². The molecule has 176 valence electrons. The van der Waals surface area contributed by atoms with Gasteiger partial charge in [0.15, 0.2) is 0 Å². The van der Waals surface area contributed by atoms with Crippen LogP contribution in [0.4, 0.5) is 0 Å². The van der Waals surface area contributed by atoms with E-state index in [4.69, 9.17) is 0 Å². The molecule has 0 radical (unpaired) electrons. The SMILES string of the molecule is CC(C)[C@@H](C)/C=C/[C@@H](C)C1CC[C@H]2C3=CCC4C[C@H](O)[C@@H](O)C[C@]4(C)[C@@]3(O)CC[C@]12C. The molecule has 0 aliphatic heterocycles. The average molecular weight is 431 g/mol. The Kier molecular flexibility index (Phi) is 6.06. The van der Waals surface area contributed by atoms with Crippen LogP contribution in [0.3, 0.4) is 0 Å². The zero-order valence-corrected chi connectivity index (χ0v) is 20.6.